The third-order valence-corrected chi connectivity index (χ3v) is 4.28. The summed E-state index contributed by atoms with van der Waals surface area (Å²) >= 11 is 0. The molecule has 1 unspecified atom stereocenters. The molecule has 0 spiro atoms. The van der Waals surface area contributed by atoms with E-state index in [-0.39, 0.29) is 42.5 Å². The van der Waals surface area contributed by atoms with Gasteiger partial charge in [0.25, 0.3) is 5.91 Å². The van der Waals surface area contributed by atoms with Crippen molar-refractivity contribution in [3.63, 3.8) is 0 Å². The Morgan fingerprint density at radius 3 is 2.75 bits per heavy atom. The Labute approximate surface area is 165 Å². The zero-order chi connectivity index (χ0) is 19.4. The van der Waals surface area contributed by atoms with Gasteiger partial charge in [0.1, 0.15) is 11.6 Å². The number of rotatable bonds is 5. The van der Waals surface area contributed by atoms with E-state index in [9.17, 15) is 23.7 Å². The minimum atomic E-state index is -1.04. The number of carbonyl (C=O) groups is 1. The fourth-order valence-corrected chi connectivity index (χ4v) is 2.97. The van der Waals surface area contributed by atoms with Gasteiger partial charge < -0.3 is 15.0 Å². The molecule has 1 aliphatic heterocycles. The van der Waals surface area contributed by atoms with Crippen molar-refractivity contribution in [2.24, 2.45) is 0 Å². The van der Waals surface area contributed by atoms with Crippen LogP contribution in [-0.2, 0) is 4.79 Å². The van der Waals surface area contributed by atoms with Crippen LogP contribution in [0.25, 0.3) is 0 Å². The Morgan fingerprint density at radius 2 is 2.07 bits per heavy atom. The molecule has 1 amide bonds. The molecule has 2 aromatic rings. The van der Waals surface area contributed by atoms with E-state index in [0.29, 0.717) is 25.2 Å². The van der Waals surface area contributed by atoms with Crippen molar-refractivity contribution in [3.8, 4) is 5.75 Å². The first-order valence-electron chi connectivity index (χ1n) is 8.28. The summed E-state index contributed by atoms with van der Waals surface area (Å²) in [6.45, 7) is 1.12. The van der Waals surface area contributed by atoms with Crippen molar-refractivity contribution >= 4 is 24.0 Å². The number of piperazine rings is 1. The third-order valence-electron chi connectivity index (χ3n) is 4.28. The monoisotopic (exact) mass is 413 g/mol. The molecule has 150 valence electrons. The Morgan fingerprint density at radius 1 is 1.29 bits per heavy atom. The lowest BCUT2D eigenvalue weighted by Crippen LogP contribution is -2.50. The number of nitrogens with one attached hydrogen (secondary N) is 1. The molecule has 7 nitrogen and oxygen atoms in total. The van der Waals surface area contributed by atoms with Crippen molar-refractivity contribution in [1.82, 2.24) is 10.2 Å². The first kappa shape index (κ1) is 21.5. The highest BCUT2D eigenvalue weighted by Crippen LogP contribution is 2.25. The number of nitro benzene ring substituents is 1. The van der Waals surface area contributed by atoms with Crippen LogP contribution in [-0.4, -0.2) is 42.0 Å². The van der Waals surface area contributed by atoms with E-state index in [1.165, 1.54) is 18.2 Å². The largest absolute Gasteiger partial charge is 0.484 e. The second-order valence-corrected chi connectivity index (χ2v) is 6.02. The highest BCUT2D eigenvalue weighted by molar-refractivity contribution is 5.85. The molecule has 1 heterocycles. The van der Waals surface area contributed by atoms with Crippen LogP contribution < -0.4 is 10.1 Å². The summed E-state index contributed by atoms with van der Waals surface area (Å²) in [5, 5.41) is 13.8. The number of nitrogens with zero attached hydrogens (tertiary/aromatic N) is 2. The number of carbonyl (C=O) groups excluding carboxylic acids is 1. The van der Waals surface area contributed by atoms with Gasteiger partial charge in [-0.1, -0.05) is 12.1 Å². The van der Waals surface area contributed by atoms with E-state index in [4.69, 9.17) is 4.74 Å². The Balaban J connectivity index is 0.00000280. The van der Waals surface area contributed by atoms with Gasteiger partial charge in [0.2, 0.25) is 5.82 Å². The normalized spacial score (nSPS) is 16.2. The van der Waals surface area contributed by atoms with E-state index in [2.05, 4.69) is 5.32 Å². The van der Waals surface area contributed by atoms with Crippen LogP contribution in [0.1, 0.15) is 11.6 Å². The van der Waals surface area contributed by atoms with Crippen LogP contribution in [0.2, 0.25) is 0 Å². The van der Waals surface area contributed by atoms with Crippen molar-refractivity contribution in [2.45, 2.75) is 6.04 Å². The van der Waals surface area contributed by atoms with Crippen molar-refractivity contribution in [2.75, 3.05) is 26.2 Å². The van der Waals surface area contributed by atoms with E-state index in [0.717, 1.165) is 12.1 Å². The van der Waals surface area contributed by atoms with Gasteiger partial charge >= 0.3 is 5.69 Å². The zero-order valence-corrected chi connectivity index (χ0v) is 15.5. The summed E-state index contributed by atoms with van der Waals surface area (Å²) in [7, 11) is 0. The molecular formula is C18H18ClF2N3O4. The molecular weight excluding hydrogens is 396 g/mol. The maximum atomic E-state index is 13.6. The molecule has 1 atom stereocenters. The van der Waals surface area contributed by atoms with Crippen LogP contribution in [0.15, 0.2) is 42.5 Å². The van der Waals surface area contributed by atoms with Crippen molar-refractivity contribution < 1.29 is 23.2 Å². The van der Waals surface area contributed by atoms with Crippen LogP contribution in [0.5, 0.6) is 5.75 Å². The summed E-state index contributed by atoms with van der Waals surface area (Å²) in [6.07, 6.45) is 0. The van der Waals surface area contributed by atoms with E-state index >= 15 is 0 Å². The van der Waals surface area contributed by atoms with Crippen LogP contribution >= 0.6 is 12.4 Å². The highest BCUT2D eigenvalue weighted by atomic mass is 35.5. The molecule has 28 heavy (non-hydrogen) atoms. The molecule has 0 bridgehead atoms. The second kappa shape index (κ2) is 9.43. The van der Waals surface area contributed by atoms with Crippen molar-refractivity contribution in [3.05, 3.63) is 69.8 Å². The first-order valence-corrected chi connectivity index (χ1v) is 8.28. The smallest absolute Gasteiger partial charge is 0.305 e. The Bertz CT molecular complexity index is 868. The highest BCUT2D eigenvalue weighted by Gasteiger charge is 2.28. The number of hydrogen-bond donors (Lipinski definition) is 1. The Hall–Kier alpha value is -2.78. The van der Waals surface area contributed by atoms with Gasteiger partial charge in [0, 0.05) is 31.8 Å². The summed E-state index contributed by atoms with van der Waals surface area (Å²) < 4.78 is 32.5. The van der Waals surface area contributed by atoms with Gasteiger partial charge in [-0.25, -0.2) is 4.39 Å². The van der Waals surface area contributed by atoms with Gasteiger partial charge in [-0.05, 0) is 23.8 Å². The third kappa shape index (κ3) is 4.93. The van der Waals surface area contributed by atoms with Gasteiger partial charge in [-0.3, -0.25) is 14.9 Å². The number of halogens is 3. The average molecular weight is 414 g/mol. The maximum absolute atomic E-state index is 13.6. The lowest BCUT2D eigenvalue weighted by atomic mass is 10.0. The van der Waals surface area contributed by atoms with Gasteiger partial charge in [0.05, 0.1) is 11.0 Å². The fraction of sp³-hybridized carbons (Fsp3) is 0.278. The molecule has 2 aromatic carbocycles. The number of amides is 1. The molecule has 0 saturated carbocycles. The molecule has 1 saturated heterocycles. The van der Waals surface area contributed by atoms with Crippen molar-refractivity contribution in [1.29, 1.82) is 0 Å². The summed E-state index contributed by atoms with van der Waals surface area (Å²) in [4.78, 5) is 23.9. The molecule has 1 N–H and O–H groups in total. The molecule has 3 rings (SSSR count). The van der Waals surface area contributed by atoms with E-state index in [1.54, 1.807) is 17.0 Å². The standard InChI is InChI=1S/C18H17F2N3O4.ClH/c19-13-3-1-2-12(8-13)17-10-21-6-7-22(17)18(24)11-27-14-4-5-16(23(25)26)15(20)9-14;/h1-5,8-9,17,21H,6-7,10-11H2;1H. The maximum Gasteiger partial charge on any atom is 0.305 e. The molecule has 1 aliphatic rings. The summed E-state index contributed by atoms with van der Waals surface area (Å²) in [5.41, 5.74) is -0.00104. The number of nitro groups is 1. The molecule has 0 radical (unpaired) electrons. The zero-order valence-electron chi connectivity index (χ0n) is 14.6. The molecule has 0 aromatic heterocycles. The second-order valence-electron chi connectivity index (χ2n) is 6.02. The predicted octanol–water partition coefficient (Wildman–Crippen LogP) is 2.85. The molecule has 10 heteroatoms. The summed E-state index contributed by atoms with van der Waals surface area (Å²) in [5.74, 6) is -1.75. The minimum absolute atomic E-state index is 0. The van der Waals surface area contributed by atoms with E-state index < -0.39 is 16.4 Å². The minimum Gasteiger partial charge on any atom is -0.484 e. The fourth-order valence-electron chi connectivity index (χ4n) is 2.97. The summed E-state index contributed by atoms with van der Waals surface area (Å²) in [6, 6.07) is 8.77. The number of hydrogen-bond acceptors (Lipinski definition) is 5. The quantitative estimate of drug-likeness (QED) is 0.602. The Kier molecular flexibility index (Phi) is 7.24. The van der Waals surface area contributed by atoms with Crippen LogP contribution in [0, 0.1) is 21.7 Å². The topological polar surface area (TPSA) is 84.7 Å². The molecule has 1 fully saturated rings. The lowest BCUT2D eigenvalue weighted by molar-refractivity contribution is -0.387. The number of benzene rings is 2. The number of ether oxygens (including phenoxy) is 1. The van der Waals surface area contributed by atoms with Crippen LogP contribution in [0.3, 0.4) is 0 Å². The molecule has 0 aliphatic carbocycles. The van der Waals surface area contributed by atoms with E-state index in [1.807, 2.05) is 0 Å². The van der Waals surface area contributed by atoms with Gasteiger partial charge in [-0.2, -0.15) is 4.39 Å². The lowest BCUT2D eigenvalue weighted by Gasteiger charge is -2.36. The van der Waals surface area contributed by atoms with Crippen LogP contribution in [0.4, 0.5) is 14.5 Å². The predicted molar refractivity (Wildman–Crippen MR) is 99.5 cm³/mol. The first-order chi connectivity index (χ1) is 13.0. The average Bonchev–Trinajstić information content (AvgIpc) is 2.66. The SMILES string of the molecule is Cl.O=C(COc1ccc([N+](=O)[O-])c(F)c1)N1CCNCC1c1cccc(F)c1. The van der Waals surface area contributed by atoms with Gasteiger partial charge in [0.15, 0.2) is 6.61 Å². The van der Waals surface area contributed by atoms with Gasteiger partial charge in [-0.15, -0.1) is 12.4 Å².